The van der Waals surface area contributed by atoms with E-state index in [1.807, 2.05) is 6.92 Å². The van der Waals surface area contributed by atoms with Crippen LogP contribution in [0, 0.1) is 17.5 Å². The highest BCUT2D eigenvalue weighted by atomic mass is 19.3. The molecule has 35 heavy (non-hydrogen) atoms. The average Bonchev–Trinajstić information content (AvgIpc) is 2.76. The van der Waals surface area contributed by atoms with Gasteiger partial charge in [-0.1, -0.05) is 44.0 Å². The van der Waals surface area contributed by atoms with E-state index in [4.69, 9.17) is 0 Å². The first-order valence-electron chi connectivity index (χ1n) is 10.7. The molecule has 0 aliphatic carbocycles. The predicted molar refractivity (Wildman–Crippen MR) is 114 cm³/mol. The molecule has 0 heterocycles. The summed E-state index contributed by atoms with van der Waals surface area (Å²) in [4.78, 5) is 0. The maximum absolute atomic E-state index is 15.2. The number of aromatic hydroxyl groups is 1. The predicted octanol–water partition coefficient (Wildman–Crippen LogP) is 7.94. The van der Waals surface area contributed by atoms with Gasteiger partial charge in [0.15, 0.2) is 17.4 Å². The van der Waals surface area contributed by atoms with Crippen LogP contribution in [0.25, 0.3) is 11.1 Å². The number of hydrogen-bond donors (Lipinski definition) is 1. The van der Waals surface area contributed by atoms with Crippen LogP contribution in [-0.4, -0.2) is 11.7 Å². The lowest BCUT2D eigenvalue weighted by Crippen LogP contribution is -2.25. The molecule has 0 radical (unpaired) electrons. The first kappa shape index (κ1) is 26.2. The summed E-state index contributed by atoms with van der Waals surface area (Å²) in [6.07, 6.45) is -0.948. The maximum Gasteiger partial charge on any atom is 0.432 e. The van der Waals surface area contributed by atoms with Crippen molar-refractivity contribution in [1.29, 1.82) is 0 Å². The van der Waals surface area contributed by atoms with E-state index in [9.17, 15) is 31.4 Å². The van der Waals surface area contributed by atoms with E-state index in [0.29, 0.717) is 24.3 Å². The fourth-order valence-electron chi connectivity index (χ4n) is 3.50. The number of alkyl halides is 4. The van der Waals surface area contributed by atoms with Crippen LogP contribution < -0.4 is 9.47 Å². The Kier molecular flexibility index (Phi) is 8.14. The summed E-state index contributed by atoms with van der Waals surface area (Å²) < 4.78 is 106. The van der Waals surface area contributed by atoms with Gasteiger partial charge in [-0.15, -0.1) is 0 Å². The van der Waals surface area contributed by atoms with Crippen LogP contribution >= 0.6 is 0 Å². The van der Waals surface area contributed by atoms with Crippen molar-refractivity contribution in [3.63, 3.8) is 0 Å². The van der Waals surface area contributed by atoms with Crippen molar-refractivity contribution in [3.8, 4) is 28.4 Å². The Morgan fingerprint density at radius 3 is 2.20 bits per heavy atom. The Morgan fingerprint density at radius 1 is 0.914 bits per heavy atom. The minimum atomic E-state index is -4.66. The molecule has 0 aliphatic heterocycles. The van der Waals surface area contributed by atoms with Crippen LogP contribution in [0.1, 0.15) is 37.3 Å². The molecule has 0 amide bonds. The van der Waals surface area contributed by atoms with Gasteiger partial charge in [-0.2, -0.15) is 17.6 Å². The Morgan fingerprint density at radius 2 is 1.60 bits per heavy atom. The standard InChI is InChI=1S/C25H21F7O3/c1-2-3-4-5-14-6-8-15(9-7-14)21-19(33)13-18(27)22(23(21)28)25(31,32)35-16-10-11-20(17(26)12-16)34-24(29)30/h6-13,24,33H,2-5H2,1H3. The van der Waals surface area contributed by atoms with E-state index in [1.165, 1.54) is 12.1 Å². The van der Waals surface area contributed by atoms with Crippen LogP contribution in [0.15, 0.2) is 48.5 Å². The van der Waals surface area contributed by atoms with Gasteiger partial charge in [0.1, 0.15) is 22.9 Å². The van der Waals surface area contributed by atoms with Crippen molar-refractivity contribution in [2.45, 2.75) is 45.3 Å². The molecule has 3 aromatic rings. The van der Waals surface area contributed by atoms with Gasteiger partial charge in [0.05, 0.1) is 5.56 Å². The van der Waals surface area contributed by atoms with E-state index in [2.05, 4.69) is 9.47 Å². The molecule has 0 unspecified atom stereocenters. The first-order valence-corrected chi connectivity index (χ1v) is 10.7. The zero-order chi connectivity index (χ0) is 25.8. The van der Waals surface area contributed by atoms with Crippen LogP contribution in [0.5, 0.6) is 17.2 Å². The quantitative estimate of drug-likeness (QED) is 0.226. The Labute approximate surface area is 196 Å². The second kappa shape index (κ2) is 10.9. The fraction of sp³-hybridized carbons (Fsp3) is 0.280. The molecule has 0 aliphatic rings. The van der Waals surface area contributed by atoms with Crippen molar-refractivity contribution in [2.24, 2.45) is 0 Å². The van der Waals surface area contributed by atoms with Crippen LogP contribution in [0.3, 0.4) is 0 Å². The first-order chi connectivity index (χ1) is 16.5. The molecule has 0 aromatic heterocycles. The topological polar surface area (TPSA) is 38.7 Å². The molecule has 0 saturated carbocycles. The Balaban J connectivity index is 1.93. The Bertz CT molecular complexity index is 1160. The molecule has 3 nitrogen and oxygen atoms in total. The minimum absolute atomic E-state index is 0.0239. The summed E-state index contributed by atoms with van der Waals surface area (Å²) in [6.45, 7) is -1.31. The summed E-state index contributed by atoms with van der Waals surface area (Å²) in [6, 6.07) is 8.02. The number of rotatable bonds is 10. The van der Waals surface area contributed by atoms with Crippen molar-refractivity contribution in [1.82, 2.24) is 0 Å². The largest absolute Gasteiger partial charge is 0.507 e. The Hall–Kier alpha value is -3.43. The monoisotopic (exact) mass is 502 g/mol. The average molecular weight is 502 g/mol. The van der Waals surface area contributed by atoms with Gasteiger partial charge < -0.3 is 14.6 Å². The highest BCUT2D eigenvalue weighted by molar-refractivity contribution is 5.72. The number of phenols is 1. The van der Waals surface area contributed by atoms with Gasteiger partial charge in [-0.3, -0.25) is 0 Å². The second-order valence-electron chi connectivity index (χ2n) is 7.69. The lowest BCUT2D eigenvalue weighted by atomic mass is 9.97. The van der Waals surface area contributed by atoms with E-state index < -0.39 is 58.5 Å². The molecule has 0 atom stereocenters. The lowest BCUT2D eigenvalue weighted by Gasteiger charge is -2.21. The van der Waals surface area contributed by atoms with Crippen molar-refractivity contribution in [2.75, 3.05) is 0 Å². The summed E-state index contributed by atoms with van der Waals surface area (Å²) in [5.41, 5.74) is -1.54. The molecule has 0 saturated heterocycles. The highest BCUT2D eigenvalue weighted by Gasteiger charge is 2.43. The third-order valence-electron chi connectivity index (χ3n) is 5.17. The number of aryl methyl sites for hydroxylation is 1. The molecular formula is C25H21F7O3. The van der Waals surface area contributed by atoms with E-state index in [-0.39, 0.29) is 5.56 Å². The van der Waals surface area contributed by atoms with Crippen LogP contribution in [0.4, 0.5) is 30.7 Å². The van der Waals surface area contributed by atoms with Gasteiger partial charge in [0.2, 0.25) is 0 Å². The molecular weight excluding hydrogens is 481 g/mol. The number of ether oxygens (including phenoxy) is 2. The fourth-order valence-corrected chi connectivity index (χ4v) is 3.50. The molecule has 188 valence electrons. The van der Waals surface area contributed by atoms with E-state index >= 15 is 4.39 Å². The van der Waals surface area contributed by atoms with Gasteiger partial charge in [0, 0.05) is 12.1 Å². The van der Waals surface area contributed by atoms with Gasteiger partial charge >= 0.3 is 12.7 Å². The number of phenolic OH excluding ortho intramolecular Hbond substituents is 1. The molecule has 0 spiro atoms. The smallest absolute Gasteiger partial charge is 0.432 e. The third kappa shape index (κ3) is 6.17. The number of halogens is 7. The zero-order valence-corrected chi connectivity index (χ0v) is 18.4. The van der Waals surface area contributed by atoms with E-state index in [0.717, 1.165) is 31.2 Å². The van der Waals surface area contributed by atoms with Gasteiger partial charge in [0.25, 0.3) is 0 Å². The van der Waals surface area contributed by atoms with E-state index in [1.54, 1.807) is 12.1 Å². The molecule has 3 aromatic carbocycles. The molecule has 0 fully saturated rings. The number of hydrogen-bond acceptors (Lipinski definition) is 3. The van der Waals surface area contributed by atoms with Crippen LogP contribution in [-0.2, 0) is 12.5 Å². The summed E-state index contributed by atoms with van der Waals surface area (Å²) in [5, 5.41) is 10.1. The van der Waals surface area contributed by atoms with Crippen molar-refractivity contribution < 1.29 is 45.3 Å². The molecule has 3 rings (SSSR count). The SMILES string of the molecule is CCCCCc1ccc(-c2c(O)cc(F)c(C(F)(F)Oc3ccc(OC(F)F)c(F)c3)c2F)cc1. The molecule has 0 bridgehead atoms. The zero-order valence-electron chi connectivity index (χ0n) is 18.4. The third-order valence-corrected chi connectivity index (χ3v) is 5.17. The van der Waals surface area contributed by atoms with Crippen molar-refractivity contribution in [3.05, 3.63) is 77.1 Å². The molecule has 10 heteroatoms. The number of unbranched alkanes of at least 4 members (excludes halogenated alkanes) is 2. The van der Waals surface area contributed by atoms with Gasteiger partial charge in [-0.05, 0) is 36.1 Å². The normalized spacial score (nSPS) is 11.7. The summed E-state index contributed by atoms with van der Waals surface area (Å²) >= 11 is 0. The second-order valence-corrected chi connectivity index (χ2v) is 7.69. The van der Waals surface area contributed by atoms with Crippen molar-refractivity contribution >= 4 is 0 Å². The summed E-state index contributed by atoms with van der Waals surface area (Å²) in [7, 11) is 0. The van der Waals surface area contributed by atoms with Crippen LogP contribution in [0.2, 0.25) is 0 Å². The maximum atomic E-state index is 15.2. The molecule has 1 N–H and O–H groups in total. The number of benzene rings is 3. The highest BCUT2D eigenvalue weighted by Crippen LogP contribution is 2.42. The minimum Gasteiger partial charge on any atom is -0.507 e. The van der Waals surface area contributed by atoms with Gasteiger partial charge in [-0.25, -0.2) is 13.2 Å². The summed E-state index contributed by atoms with van der Waals surface area (Å²) in [5.74, 6) is -7.77. The lowest BCUT2D eigenvalue weighted by molar-refractivity contribution is -0.189.